The van der Waals surface area contributed by atoms with E-state index in [4.69, 9.17) is 0 Å². The summed E-state index contributed by atoms with van der Waals surface area (Å²) in [4.78, 5) is 28.8. The number of amides is 2. The van der Waals surface area contributed by atoms with Gasteiger partial charge in [-0.2, -0.15) is 0 Å². The Bertz CT molecular complexity index is 1370. The highest BCUT2D eigenvalue weighted by molar-refractivity contribution is 6.32. The number of carbonyl (C=O) groups is 2. The second-order valence-corrected chi connectivity index (χ2v) is 10.7. The van der Waals surface area contributed by atoms with E-state index < -0.39 is 0 Å². The molecule has 1 saturated heterocycles. The Balaban J connectivity index is 1.24. The van der Waals surface area contributed by atoms with Crippen LogP contribution in [0, 0.1) is 5.92 Å². The number of likely N-dealkylation sites (tertiary alicyclic amines) is 1. The molecule has 2 heterocycles. The van der Waals surface area contributed by atoms with E-state index in [0.717, 1.165) is 47.6 Å². The van der Waals surface area contributed by atoms with Gasteiger partial charge in [-0.15, -0.1) is 0 Å². The Hall–Kier alpha value is -3.90. The van der Waals surface area contributed by atoms with Crippen molar-refractivity contribution in [1.29, 1.82) is 0 Å². The van der Waals surface area contributed by atoms with Gasteiger partial charge in [0.1, 0.15) is 0 Å². The molecule has 0 radical (unpaired) electrons. The smallest absolute Gasteiger partial charge is 0.258 e. The van der Waals surface area contributed by atoms with Crippen molar-refractivity contribution >= 4 is 28.8 Å². The van der Waals surface area contributed by atoms with Crippen LogP contribution in [0.5, 0.6) is 0 Å². The van der Waals surface area contributed by atoms with Crippen molar-refractivity contribution in [1.82, 2.24) is 10.2 Å². The number of benzene rings is 3. The van der Waals surface area contributed by atoms with Gasteiger partial charge < -0.3 is 16.0 Å². The predicted octanol–water partition coefficient (Wildman–Crippen LogP) is 5.96. The van der Waals surface area contributed by atoms with Gasteiger partial charge in [0, 0.05) is 34.7 Å². The zero-order valence-electron chi connectivity index (χ0n) is 21.8. The maximum Gasteiger partial charge on any atom is 0.258 e. The Morgan fingerprint density at radius 3 is 2.45 bits per heavy atom. The van der Waals surface area contributed by atoms with E-state index in [1.807, 2.05) is 49.4 Å². The van der Waals surface area contributed by atoms with Crippen molar-refractivity contribution in [2.75, 3.05) is 23.7 Å². The van der Waals surface area contributed by atoms with Crippen LogP contribution < -0.4 is 16.0 Å². The van der Waals surface area contributed by atoms with Crippen molar-refractivity contribution < 1.29 is 9.59 Å². The molecule has 38 heavy (non-hydrogen) atoms. The third kappa shape index (κ3) is 5.22. The van der Waals surface area contributed by atoms with Crippen molar-refractivity contribution in [2.45, 2.75) is 45.2 Å². The Morgan fingerprint density at radius 2 is 1.74 bits per heavy atom. The molecule has 6 rings (SSSR count). The summed E-state index contributed by atoms with van der Waals surface area (Å²) in [7, 11) is 0. The van der Waals surface area contributed by atoms with Crippen LogP contribution in [0.3, 0.4) is 0 Å². The fraction of sp³-hybridized carbons (Fsp3) is 0.312. The zero-order chi connectivity index (χ0) is 26.1. The van der Waals surface area contributed by atoms with E-state index in [-0.39, 0.29) is 17.9 Å². The molecule has 2 fully saturated rings. The highest BCUT2D eigenvalue weighted by atomic mass is 16.2. The second kappa shape index (κ2) is 10.5. The Labute approximate surface area is 224 Å². The number of fused-ring (bicyclic) bond motifs is 1. The number of carbonyl (C=O) groups excluding carboxylic acids is 2. The third-order valence-electron chi connectivity index (χ3n) is 7.77. The first kappa shape index (κ1) is 24.4. The summed E-state index contributed by atoms with van der Waals surface area (Å²) < 4.78 is 0. The first-order valence-corrected chi connectivity index (χ1v) is 13.7. The minimum atomic E-state index is -0.155. The maximum absolute atomic E-state index is 13.2. The van der Waals surface area contributed by atoms with Crippen LogP contribution in [0.1, 0.15) is 65.7 Å². The number of rotatable bonds is 8. The highest BCUT2D eigenvalue weighted by Crippen LogP contribution is 2.44. The molecule has 194 valence electrons. The maximum atomic E-state index is 13.2. The normalized spacial score (nSPS) is 19.0. The summed E-state index contributed by atoms with van der Waals surface area (Å²) in [6, 6.07) is 23.8. The van der Waals surface area contributed by atoms with Gasteiger partial charge in [-0.3, -0.25) is 14.5 Å². The summed E-state index contributed by atoms with van der Waals surface area (Å²) in [5.74, 6) is 0.0502. The van der Waals surface area contributed by atoms with Gasteiger partial charge in [0.2, 0.25) is 0 Å². The fourth-order valence-corrected chi connectivity index (χ4v) is 5.47. The summed E-state index contributed by atoms with van der Waals surface area (Å²) in [6.07, 6.45) is 4.68. The molecule has 1 aliphatic carbocycles. The molecule has 0 spiro atoms. The van der Waals surface area contributed by atoms with Gasteiger partial charge in [0.15, 0.2) is 0 Å². The molecule has 3 N–H and O–H groups in total. The van der Waals surface area contributed by atoms with E-state index in [1.165, 1.54) is 31.5 Å². The average molecular weight is 507 g/mol. The molecule has 0 aromatic heterocycles. The molecule has 6 nitrogen and oxygen atoms in total. The summed E-state index contributed by atoms with van der Waals surface area (Å²) in [6.45, 7) is 5.32. The van der Waals surface area contributed by atoms with E-state index >= 15 is 0 Å². The largest absolute Gasteiger partial charge is 0.358 e. The summed E-state index contributed by atoms with van der Waals surface area (Å²) in [5, 5.41) is 9.67. The first-order chi connectivity index (χ1) is 18.5. The topological polar surface area (TPSA) is 73.5 Å². The SMILES string of the molecule is C[C@@H](NC(=O)c1ccc2c(c1)/C(=C(/Nc1ccc(CN3CCCC3)cc1)C1CC1)C(=O)N2)c1ccccc1. The van der Waals surface area contributed by atoms with Crippen LogP contribution in [0.25, 0.3) is 5.57 Å². The summed E-state index contributed by atoms with van der Waals surface area (Å²) in [5.41, 5.74) is 7.01. The van der Waals surface area contributed by atoms with E-state index in [0.29, 0.717) is 17.1 Å². The number of hydrogen-bond acceptors (Lipinski definition) is 4. The molecule has 1 saturated carbocycles. The minimum absolute atomic E-state index is 0.115. The van der Waals surface area contributed by atoms with Crippen LogP contribution >= 0.6 is 0 Å². The van der Waals surface area contributed by atoms with Crippen molar-refractivity contribution in [3.63, 3.8) is 0 Å². The number of anilines is 2. The van der Waals surface area contributed by atoms with Gasteiger partial charge in [-0.1, -0.05) is 42.5 Å². The fourth-order valence-electron chi connectivity index (χ4n) is 5.47. The monoisotopic (exact) mass is 506 g/mol. The van der Waals surface area contributed by atoms with E-state index in [2.05, 4.69) is 45.1 Å². The van der Waals surface area contributed by atoms with Crippen LogP contribution in [0.4, 0.5) is 11.4 Å². The lowest BCUT2D eigenvalue weighted by atomic mass is 9.99. The number of allylic oxidation sites excluding steroid dienone is 1. The molecular weight excluding hydrogens is 472 g/mol. The van der Waals surface area contributed by atoms with Crippen LogP contribution in [0.15, 0.2) is 78.5 Å². The first-order valence-electron chi connectivity index (χ1n) is 13.7. The lowest BCUT2D eigenvalue weighted by molar-refractivity contribution is -0.110. The zero-order valence-corrected chi connectivity index (χ0v) is 21.8. The van der Waals surface area contributed by atoms with E-state index in [9.17, 15) is 9.59 Å². The summed E-state index contributed by atoms with van der Waals surface area (Å²) >= 11 is 0. The number of nitrogens with zero attached hydrogens (tertiary/aromatic N) is 1. The van der Waals surface area contributed by atoms with Crippen molar-refractivity contribution in [3.05, 3.63) is 101 Å². The Kier molecular flexibility index (Phi) is 6.73. The third-order valence-corrected chi connectivity index (χ3v) is 7.77. The molecular formula is C32H34N4O2. The van der Waals surface area contributed by atoms with Crippen molar-refractivity contribution in [2.24, 2.45) is 5.92 Å². The van der Waals surface area contributed by atoms with Gasteiger partial charge >= 0.3 is 0 Å². The standard InChI is InChI=1S/C32H34N4O2/c1-21(23-7-3-2-4-8-23)33-31(37)25-13-16-28-27(19-25)29(32(38)35-28)30(24-11-12-24)34-26-14-9-22(10-15-26)20-36-17-5-6-18-36/h2-4,7-10,13-16,19,21,24,34H,5-6,11-12,17-18,20H2,1H3,(H,33,37)(H,35,38)/b30-29-/t21-/m1/s1. The molecule has 2 amide bonds. The van der Waals surface area contributed by atoms with Crippen LogP contribution in [-0.2, 0) is 11.3 Å². The number of hydrogen-bond donors (Lipinski definition) is 3. The van der Waals surface area contributed by atoms with Gasteiger partial charge in [0.25, 0.3) is 11.8 Å². The minimum Gasteiger partial charge on any atom is -0.358 e. The van der Waals surface area contributed by atoms with Crippen molar-refractivity contribution in [3.8, 4) is 0 Å². The highest BCUT2D eigenvalue weighted by Gasteiger charge is 2.35. The molecule has 0 bridgehead atoms. The second-order valence-electron chi connectivity index (χ2n) is 10.7. The van der Waals surface area contributed by atoms with Crippen LogP contribution in [0.2, 0.25) is 0 Å². The quantitative estimate of drug-likeness (QED) is 0.330. The molecule has 1 atom stereocenters. The number of nitrogens with one attached hydrogen (secondary N) is 3. The van der Waals surface area contributed by atoms with E-state index in [1.54, 1.807) is 6.07 Å². The van der Waals surface area contributed by atoms with Crippen LogP contribution in [-0.4, -0.2) is 29.8 Å². The lowest BCUT2D eigenvalue weighted by Crippen LogP contribution is -2.26. The predicted molar refractivity (Wildman–Crippen MR) is 152 cm³/mol. The Morgan fingerprint density at radius 1 is 1.00 bits per heavy atom. The van der Waals surface area contributed by atoms with Gasteiger partial charge in [-0.05, 0) is 93.1 Å². The lowest BCUT2D eigenvalue weighted by Gasteiger charge is -2.17. The molecule has 2 aliphatic heterocycles. The average Bonchev–Trinajstić information content (AvgIpc) is 3.55. The van der Waals surface area contributed by atoms with Gasteiger partial charge in [0.05, 0.1) is 11.6 Å². The molecule has 0 unspecified atom stereocenters. The van der Waals surface area contributed by atoms with Gasteiger partial charge in [-0.25, -0.2) is 0 Å². The molecule has 3 aromatic rings. The molecule has 3 aromatic carbocycles. The molecule has 6 heteroatoms. The molecule has 3 aliphatic rings.